The third kappa shape index (κ3) is 2.65. The van der Waals surface area contributed by atoms with E-state index in [1.165, 1.54) is 13.3 Å². The molecule has 0 saturated carbocycles. The molecule has 0 aliphatic rings. The maximum absolute atomic E-state index is 11.5. The van der Waals surface area contributed by atoms with Crippen LogP contribution in [0.4, 0.5) is 0 Å². The van der Waals surface area contributed by atoms with Gasteiger partial charge in [0, 0.05) is 17.1 Å². The predicted molar refractivity (Wildman–Crippen MR) is 86.4 cm³/mol. The minimum atomic E-state index is -3.77. The fourth-order valence-electron chi connectivity index (χ4n) is 2.48. The molecule has 0 aliphatic heterocycles. The van der Waals surface area contributed by atoms with Crippen LogP contribution in [0.3, 0.4) is 0 Å². The number of H-pyrrole nitrogens is 1. The van der Waals surface area contributed by atoms with Crippen molar-refractivity contribution < 1.29 is 13.2 Å². The molecular weight excluding hydrogens is 314 g/mol. The van der Waals surface area contributed by atoms with E-state index in [4.69, 9.17) is 15.1 Å². The Bertz CT molecular complexity index is 1050. The summed E-state index contributed by atoms with van der Waals surface area (Å²) in [6, 6.07) is 12.6. The first-order chi connectivity index (χ1) is 10.9. The second-order valence-corrected chi connectivity index (χ2v) is 6.52. The van der Waals surface area contributed by atoms with E-state index in [-0.39, 0.29) is 4.90 Å². The Morgan fingerprint density at radius 3 is 2.52 bits per heavy atom. The Kier molecular flexibility index (Phi) is 3.56. The van der Waals surface area contributed by atoms with E-state index < -0.39 is 10.0 Å². The first-order valence-corrected chi connectivity index (χ1v) is 8.21. The van der Waals surface area contributed by atoms with Gasteiger partial charge in [-0.2, -0.15) is 5.26 Å². The van der Waals surface area contributed by atoms with Crippen LogP contribution in [0.1, 0.15) is 5.56 Å². The molecule has 0 bridgehead atoms. The summed E-state index contributed by atoms with van der Waals surface area (Å²) in [6.45, 7) is 0. The van der Waals surface area contributed by atoms with Gasteiger partial charge < -0.3 is 9.72 Å². The Labute approximate surface area is 133 Å². The summed E-state index contributed by atoms with van der Waals surface area (Å²) in [4.78, 5) is 2.98. The van der Waals surface area contributed by atoms with Gasteiger partial charge in [0.2, 0.25) is 10.0 Å². The quantitative estimate of drug-likeness (QED) is 0.769. The molecule has 0 unspecified atom stereocenters. The molecule has 0 aliphatic carbocycles. The molecule has 1 aromatic heterocycles. The number of benzene rings is 2. The molecule has 0 atom stereocenters. The van der Waals surface area contributed by atoms with Crippen molar-refractivity contribution in [3.8, 4) is 22.9 Å². The fraction of sp³-hybridized carbons (Fsp3) is 0.0625. The van der Waals surface area contributed by atoms with Crippen molar-refractivity contribution in [2.45, 2.75) is 4.90 Å². The van der Waals surface area contributed by atoms with Gasteiger partial charge in [-0.1, -0.05) is 18.2 Å². The van der Waals surface area contributed by atoms with E-state index >= 15 is 0 Å². The zero-order chi connectivity index (χ0) is 16.6. The smallest absolute Gasteiger partial charge is 0.240 e. The highest BCUT2D eigenvalue weighted by molar-refractivity contribution is 7.89. The summed E-state index contributed by atoms with van der Waals surface area (Å²) >= 11 is 0. The number of methoxy groups -OCH3 is 1. The van der Waals surface area contributed by atoms with Gasteiger partial charge in [-0.3, -0.25) is 0 Å². The number of nitrogens with one attached hydrogen (secondary N) is 1. The molecule has 0 spiro atoms. The second kappa shape index (κ2) is 5.43. The van der Waals surface area contributed by atoms with Crippen LogP contribution >= 0.6 is 0 Å². The van der Waals surface area contributed by atoms with E-state index in [2.05, 4.69) is 11.1 Å². The van der Waals surface area contributed by atoms with Gasteiger partial charge in [-0.15, -0.1) is 0 Å². The number of rotatable bonds is 3. The van der Waals surface area contributed by atoms with E-state index in [0.29, 0.717) is 22.2 Å². The minimum Gasteiger partial charge on any atom is -0.495 e. The largest absolute Gasteiger partial charge is 0.495 e. The average molecular weight is 327 g/mol. The molecule has 3 N–H and O–H groups in total. The molecule has 6 nitrogen and oxygen atoms in total. The Hall–Kier alpha value is -2.82. The maximum atomic E-state index is 11.5. The number of nitrogens with two attached hydrogens (primary N) is 1. The lowest BCUT2D eigenvalue weighted by atomic mass is 10.0. The number of ether oxygens (including phenoxy) is 1. The highest BCUT2D eigenvalue weighted by Crippen LogP contribution is 2.30. The van der Waals surface area contributed by atoms with Crippen molar-refractivity contribution in [3.05, 3.63) is 48.2 Å². The van der Waals surface area contributed by atoms with Crippen LogP contribution in [0.15, 0.2) is 47.5 Å². The molecule has 116 valence electrons. The first kappa shape index (κ1) is 15.1. The third-order valence-corrected chi connectivity index (χ3v) is 4.56. The van der Waals surface area contributed by atoms with Gasteiger partial charge in [0.15, 0.2) is 0 Å². The van der Waals surface area contributed by atoms with Gasteiger partial charge in [0.05, 0.1) is 12.7 Å². The number of primary sulfonamides is 1. The predicted octanol–water partition coefficient (Wildman–Crippen LogP) is 2.36. The van der Waals surface area contributed by atoms with Crippen LogP contribution in [0.2, 0.25) is 0 Å². The molecule has 0 amide bonds. The summed E-state index contributed by atoms with van der Waals surface area (Å²) < 4.78 is 28.3. The average Bonchev–Trinajstić information content (AvgIpc) is 2.97. The van der Waals surface area contributed by atoms with Crippen LogP contribution in [0, 0.1) is 11.3 Å². The summed E-state index contributed by atoms with van der Waals surface area (Å²) in [5.41, 5.74) is 2.83. The van der Waals surface area contributed by atoms with E-state index in [9.17, 15) is 8.42 Å². The summed E-state index contributed by atoms with van der Waals surface area (Å²) in [5.74, 6) is 0.488. The molecular formula is C16H13N3O3S. The zero-order valence-corrected chi connectivity index (χ0v) is 13.0. The van der Waals surface area contributed by atoms with Crippen molar-refractivity contribution in [1.29, 1.82) is 5.26 Å². The fourth-order valence-corrected chi connectivity index (χ4v) is 3.19. The molecule has 7 heteroatoms. The molecule has 3 rings (SSSR count). The topological polar surface area (TPSA) is 109 Å². The SMILES string of the molecule is COc1cc(-c2ccc3c(S(N)(=O)=O)c[nH]c3c2)ccc1C#N. The molecule has 0 radical (unpaired) electrons. The third-order valence-electron chi connectivity index (χ3n) is 3.61. The van der Waals surface area contributed by atoms with Crippen LogP contribution < -0.4 is 9.88 Å². The minimum absolute atomic E-state index is 0.0662. The standard InChI is InChI=1S/C16H13N3O3S/c1-22-15-7-11(2-3-12(15)8-17)10-4-5-13-14(6-10)19-9-16(13)23(18,20)21/h2-7,9,19H,1H3,(H2,18,20,21). The van der Waals surface area contributed by atoms with Gasteiger partial charge in [0.1, 0.15) is 16.7 Å². The first-order valence-electron chi connectivity index (χ1n) is 6.66. The molecule has 0 saturated heterocycles. The molecule has 23 heavy (non-hydrogen) atoms. The van der Waals surface area contributed by atoms with Gasteiger partial charge in [-0.05, 0) is 29.3 Å². The molecule has 0 fully saturated rings. The van der Waals surface area contributed by atoms with Crippen LogP contribution in [0.5, 0.6) is 5.75 Å². The normalized spacial score (nSPS) is 11.3. The highest BCUT2D eigenvalue weighted by Gasteiger charge is 2.15. The van der Waals surface area contributed by atoms with Gasteiger partial charge in [0.25, 0.3) is 0 Å². The zero-order valence-electron chi connectivity index (χ0n) is 12.2. The van der Waals surface area contributed by atoms with Gasteiger partial charge >= 0.3 is 0 Å². The number of nitrogens with zero attached hydrogens (tertiary/aromatic N) is 1. The second-order valence-electron chi connectivity index (χ2n) is 4.99. The monoisotopic (exact) mass is 327 g/mol. The van der Waals surface area contributed by atoms with Crippen LogP contribution in [-0.4, -0.2) is 20.5 Å². The Balaban J connectivity index is 2.14. The number of hydrogen-bond donors (Lipinski definition) is 2. The Morgan fingerprint density at radius 2 is 1.87 bits per heavy atom. The summed E-state index contributed by atoms with van der Waals surface area (Å²) in [6.07, 6.45) is 1.38. The summed E-state index contributed by atoms with van der Waals surface area (Å²) in [5, 5.41) is 14.8. The lowest BCUT2D eigenvalue weighted by Gasteiger charge is -2.07. The molecule has 2 aromatic carbocycles. The van der Waals surface area contributed by atoms with Crippen molar-refractivity contribution in [2.75, 3.05) is 7.11 Å². The number of aromatic amines is 1. The van der Waals surface area contributed by atoms with Crippen molar-refractivity contribution in [3.63, 3.8) is 0 Å². The van der Waals surface area contributed by atoms with Crippen LogP contribution in [0.25, 0.3) is 22.0 Å². The van der Waals surface area contributed by atoms with Gasteiger partial charge in [-0.25, -0.2) is 13.6 Å². The number of nitriles is 1. The number of sulfonamides is 1. The number of fused-ring (bicyclic) bond motifs is 1. The summed E-state index contributed by atoms with van der Waals surface area (Å²) in [7, 11) is -2.26. The van der Waals surface area contributed by atoms with Crippen molar-refractivity contribution >= 4 is 20.9 Å². The van der Waals surface area contributed by atoms with E-state index in [1.807, 2.05) is 12.1 Å². The van der Waals surface area contributed by atoms with E-state index in [1.54, 1.807) is 24.3 Å². The lowest BCUT2D eigenvalue weighted by Crippen LogP contribution is -2.11. The van der Waals surface area contributed by atoms with E-state index in [0.717, 1.165) is 11.1 Å². The highest BCUT2D eigenvalue weighted by atomic mass is 32.2. The lowest BCUT2D eigenvalue weighted by molar-refractivity contribution is 0.413. The van der Waals surface area contributed by atoms with Crippen molar-refractivity contribution in [1.82, 2.24) is 4.98 Å². The van der Waals surface area contributed by atoms with Crippen molar-refractivity contribution in [2.24, 2.45) is 5.14 Å². The van der Waals surface area contributed by atoms with Crippen LogP contribution in [-0.2, 0) is 10.0 Å². The number of hydrogen-bond acceptors (Lipinski definition) is 4. The molecule has 3 aromatic rings. The number of aromatic nitrogens is 1. The Morgan fingerprint density at radius 1 is 1.17 bits per heavy atom. The molecule has 1 heterocycles. The maximum Gasteiger partial charge on any atom is 0.240 e.